The summed E-state index contributed by atoms with van der Waals surface area (Å²) in [5, 5.41) is 10.7. The molecule has 0 saturated carbocycles. The van der Waals surface area contributed by atoms with Crippen molar-refractivity contribution in [2.24, 2.45) is 0 Å². The van der Waals surface area contributed by atoms with Crippen molar-refractivity contribution in [3.05, 3.63) is 39.5 Å². The van der Waals surface area contributed by atoms with Crippen molar-refractivity contribution < 1.29 is 14.0 Å². The van der Waals surface area contributed by atoms with Gasteiger partial charge in [-0.1, -0.05) is 23.2 Å². The number of carbonyl (C=O) groups excluding carboxylic acids is 1. The highest BCUT2D eigenvalue weighted by molar-refractivity contribution is 6.35. The predicted molar refractivity (Wildman–Crippen MR) is 79.3 cm³/mol. The summed E-state index contributed by atoms with van der Waals surface area (Å²) in [5.74, 6) is 0.0992. The van der Waals surface area contributed by atoms with Crippen LogP contribution >= 0.6 is 23.2 Å². The Morgan fingerprint density at radius 3 is 2.81 bits per heavy atom. The molecule has 0 aliphatic carbocycles. The summed E-state index contributed by atoms with van der Waals surface area (Å²) in [5.41, 5.74) is 1.57. The smallest absolute Gasteiger partial charge is 0.306 e. The minimum absolute atomic E-state index is 0.222. The molecule has 1 amide bonds. The number of hydrogen-bond donors (Lipinski definition) is 2. The Hall–Kier alpha value is -1.63. The van der Waals surface area contributed by atoms with Gasteiger partial charge >= 0.3 is 5.88 Å². The molecule has 0 spiro atoms. The fourth-order valence-electron chi connectivity index (χ4n) is 1.84. The molecule has 2 N–H and O–H groups in total. The first-order valence-corrected chi connectivity index (χ1v) is 7.01. The van der Waals surface area contributed by atoms with Gasteiger partial charge in [0.05, 0.1) is 11.6 Å². The Labute approximate surface area is 132 Å². The minimum atomic E-state index is -0.222. The van der Waals surface area contributed by atoms with E-state index >= 15 is 0 Å². The monoisotopic (exact) mass is 329 g/mol. The molecule has 1 aromatic carbocycles. The standard InChI is InChI=1S/C13H14Cl2N4O2/c1-8(20)17-13-12(6-16-2)19(18-21-13)7-9-3-4-10(14)5-11(9)15/h3-5,16H,6-7H2,1-2H3/p+1. The summed E-state index contributed by atoms with van der Waals surface area (Å²) in [4.78, 5) is 11.2. The number of halogens is 2. The lowest BCUT2D eigenvalue weighted by Gasteiger charge is -2.00. The van der Waals surface area contributed by atoms with Crippen LogP contribution in [0, 0.1) is 0 Å². The Kier molecular flexibility index (Phi) is 5.17. The van der Waals surface area contributed by atoms with E-state index in [2.05, 4.69) is 15.9 Å². The Morgan fingerprint density at radius 1 is 1.43 bits per heavy atom. The molecule has 8 heteroatoms. The molecular weight excluding hydrogens is 315 g/mol. The molecule has 21 heavy (non-hydrogen) atoms. The van der Waals surface area contributed by atoms with Gasteiger partial charge in [0.25, 0.3) is 5.69 Å². The SMILES string of the molecule is CNCc1c(NC(C)=O)on[n+]1Cc1ccc(Cl)cc1Cl. The van der Waals surface area contributed by atoms with E-state index in [9.17, 15) is 4.79 Å². The van der Waals surface area contributed by atoms with Crippen LogP contribution in [0.3, 0.4) is 0 Å². The second-order valence-electron chi connectivity index (χ2n) is 4.45. The quantitative estimate of drug-likeness (QED) is 0.823. The molecule has 112 valence electrons. The molecule has 2 aromatic rings. The van der Waals surface area contributed by atoms with Gasteiger partial charge in [-0.05, 0) is 29.9 Å². The van der Waals surface area contributed by atoms with Crippen LogP contribution in [0.4, 0.5) is 5.88 Å². The van der Waals surface area contributed by atoms with Crippen LogP contribution in [-0.4, -0.2) is 18.2 Å². The highest BCUT2D eigenvalue weighted by Crippen LogP contribution is 2.21. The third-order valence-corrected chi connectivity index (χ3v) is 3.36. The first kappa shape index (κ1) is 15.8. The Morgan fingerprint density at radius 2 is 2.19 bits per heavy atom. The molecule has 0 saturated heterocycles. The van der Waals surface area contributed by atoms with Crippen molar-refractivity contribution in [1.82, 2.24) is 10.6 Å². The average molecular weight is 330 g/mol. The molecule has 0 fully saturated rings. The zero-order valence-electron chi connectivity index (χ0n) is 11.6. The lowest BCUT2D eigenvalue weighted by molar-refractivity contribution is -0.760. The van der Waals surface area contributed by atoms with Crippen molar-refractivity contribution in [1.29, 1.82) is 0 Å². The number of benzene rings is 1. The number of nitrogens with one attached hydrogen (secondary N) is 2. The van der Waals surface area contributed by atoms with E-state index in [0.717, 1.165) is 11.3 Å². The third kappa shape index (κ3) is 3.93. The number of amides is 1. The molecule has 0 aliphatic heterocycles. The topological polar surface area (TPSA) is 71.0 Å². The summed E-state index contributed by atoms with van der Waals surface area (Å²) in [7, 11) is 1.80. The minimum Gasteiger partial charge on any atom is -0.310 e. The maximum absolute atomic E-state index is 11.2. The van der Waals surface area contributed by atoms with Gasteiger partial charge in [0.15, 0.2) is 0 Å². The van der Waals surface area contributed by atoms with Crippen molar-refractivity contribution in [2.45, 2.75) is 20.0 Å². The van der Waals surface area contributed by atoms with Crippen LogP contribution in [-0.2, 0) is 17.9 Å². The van der Waals surface area contributed by atoms with Crippen LogP contribution in [0.2, 0.25) is 10.0 Å². The molecule has 1 heterocycles. The molecular formula is C13H15Cl2N4O2+. The third-order valence-electron chi connectivity index (χ3n) is 2.77. The summed E-state index contributed by atoms with van der Waals surface area (Å²) >= 11 is 12.0. The zero-order chi connectivity index (χ0) is 15.4. The van der Waals surface area contributed by atoms with Crippen LogP contribution in [0.15, 0.2) is 22.7 Å². The molecule has 0 unspecified atom stereocenters. The fraction of sp³-hybridized carbons (Fsp3) is 0.308. The van der Waals surface area contributed by atoms with E-state index in [1.54, 1.807) is 23.9 Å². The summed E-state index contributed by atoms with van der Waals surface area (Å²) in [6.45, 7) is 2.31. The largest absolute Gasteiger partial charge is 0.310 e. The molecule has 0 aliphatic rings. The van der Waals surface area contributed by atoms with Gasteiger partial charge < -0.3 is 5.32 Å². The molecule has 0 atom stereocenters. The maximum Gasteiger partial charge on any atom is 0.306 e. The lowest BCUT2D eigenvalue weighted by atomic mass is 10.2. The van der Waals surface area contributed by atoms with Gasteiger partial charge in [0.2, 0.25) is 17.7 Å². The van der Waals surface area contributed by atoms with Crippen LogP contribution in [0.5, 0.6) is 0 Å². The van der Waals surface area contributed by atoms with Crippen molar-refractivity contribution >= 4 is 35.0 Å². The van der Waals surface area contributed by atoms with Gasteiger partial charge in [-0.25, -0.2) is 0 Å². The van der Waals surface area contributed by atoms with Crippen LogP contribution < -0.4 is 15.3 Å². The van der Waals surface area contributed by atoms with E-state index < -0.39 is 0 Å². The van der Waals surface area contributed by atoms with E-state index in [1.165, 1.54) is 6.92 Å². The van der Waals surface area contributed by atoms with Crippen molar-refractivity contribution in [3.8, 4) is 0 Å². The van der Waals surface area contributed by atoms with Crippen molar-refractivity contribution in [3.63, 3.8) is 0 Å². The second kappa shape index (κ2) is 6.89. The average Bonchev–Trinajstić information content (AvgIpc) is 2.76. The molecule has 6 nitrogen and oxygen atoms in total. The number of hydrogen-bond acceptors (Lipinski definition) is 4. The molecule has 0 radical (unpaired) electrons. The van der Waals surface area contributed by atoms with Crippen LogP contribution in [0.25, 0.3) is 0 Å². The normalized spacial score (nSPS) is 10.7. The van der Waals surface area contributed by atoms with Gasteiger partial charge in [-0.15, -0.1) is 0 Å². The van der Waals surface area contributed by atoms with Gasteiger partial charge in [0.1, 0.15) is 0 Å². The summed E-state index contributed by atoms with van der Waals surface area (Å²) < 4.78 is 6.80. The van der Waals surface area contributed by atoms with E-state index in [4.69, 9.17) is 27.7 Å². The molecule has 2 rings (SSSR count). The fourth-order valence-corrected chi connectivity index (χ4v) is 2.31. The highest BCUT2D eigenvalue weighted by atomic mass is 35.5. The molecule has 0 bridgehead atoms. The zero-order valence-corrected chi connectivity index (χ0v) is 13.1. The Balaban J connectivity index is 2.30. The summed E-state index contributed by atoms with van der Waals surface area (Å²) in [6, 6.07) is 5.26. The first-order valence-electron chi connectivity index (χ1n) is 6.26. The number of carbonyl (C=O) groups is 1. The van der Waals surface area contributed by atoms with Crippen molar-refractivity contribution in [2.75, 3.05) is 12.4 Å². The predicted octanol–water partition coefficient (Wildman–Crippen LogP) is 2.00. The van der Waals surface area contributed by atoms with Crippen LogP contribution in [0.1, 0.15) is 18.2 Å². The number of aromatic nitrogens is 2. The van der Waals surface area contributed by atoms with Gasteiger partial charge in [-0.2, -0.15) is 0 Å². The van der Waals surface area contributed by atoms with Gasteiger partial charge in [-0.3, -0.25) is 14.6 Å². The van der Waals surface area contributed by atoms with Gasteiger partial charge in [0, 0.05) is 17.5 Å². The van der Waals surface area contributed by atoms with E-state index in [1.807, 2.05) is 6.07 Å². The van der Waals surface area contributed by atoms with E-state index in [0.29, 0.717) is 29.0 Å². The summed E-state index contributed by atoms with van der Waals surface area (Å²) in [6.07, 6.45) is 0. The Bertz CT molecular complexity index is 658. The first-order chi connectivity index (χ1) is 10.0. The van der Waals surface area contributed by atoms with E-state index in [-0.39, 0.29) is 5.91 Å². The number of anilines is 1. The highest BCUT2D eigenvalue weighted by Gasteiger charge is 2.25. The molecule has 1 aromatic heterocycles. The maximum atomic E-state index is 11.2. The lowest BCUT2D eigenvalue weighted by Crippen LogP contribution is -2.41. The second-order valence-corrected chi connectivity index (χ2v) is 5.30. The number of rotatable bonds is 5. The number of nitrogens with zero attached hydrogens (tertiary/aromatic N) is 2.